The van der Waals surface area contributed by atoms with Gasteiger partial charge in [0.1, 0.15) is 23.7 Å². The summed E-state index contributed by atoms with van der Waals surface area (Å²) in [7, 11) is 1.67. The van der Waals surface area contributed by atoms with Gasteiger partial charge in [0.25, 0.3) is 0 Å². The molecule has 0 amide bonds. The number of hydrogen-bond acceptors (Lipinski definition) is 6. The Bertz CT molecular complexity index is 762. The maximum Gasteiger partial charge on any atom is 0.135 e. The van der Waals surface area contributed by atoms with Crippen molar-refractivity contribution in [3.63, 3.8) is 0 Å². The molecule has 0 radical (unpaired) electrons. The van der Waals surface area contributed by atoms with Crippen LogP contribution in [0.3, 0.4) is 0 Å². The van der Waals surface area contributed by atoms with Crippen molar-refractivity contribution in [1.82, 2.24) is 15.0 Å². The molecule has 2 aromatic heterocycles. The molecule has 0 aliphatic rings. The lowest BCUT2D eigenvalue weighted by molar-refractivity contribution is 0.414. The van der Waals surface area contributed by atoms with E-state index in [0.29, 0.717) is 0 Å². The molecule has 3 aromatic rings. The van der Waals surface area contributed by atoms with Gasteiger partial charge in [0.15, 0.2) is 0 Å². The van der Waals surface area contributed by atoms with E-state index in [2.05, 4.69) is 37.7 Å². The number of nitrogens with one attached hydrogen (secondary N) is 2. The Morgan fingerprint density at radius 3 is 2.62 bits per heavy atom. The van der Waals surface area contributed by atoms with Gasteiger partial charge in [-0.05, 0) is 36.2 Å². The van der Waals surface area contributed by atoms with Crippen molar-refractivity contribution in [1.29, 1.82) is 0 Å². The second-order valence-electron chi connectivity index (χ2n) is 5.18. The van der Waals surface area contributed by atoms with Gasteiger partial charge in [-0.25, -0.2) is 9.97 Å². The zero-order valence-corrected chi connectivity index (χ0v) is 13.4. The highest BCUT2D eigenvalue weighted by Gasteiger charge is 2.00. The summed E-state index contributed by atoms with van der Waals surface area (Å²) in [5.74, 6) is 2.38. The van der Waals surface area contributed by atoms with Crippen LogP contribution in [0.2, 0.25) is 0 Å². The zero-order chi connectivity index (χ0) is 16.6. The Labute approximate surface area is 141 Å². The number of pyridine rings is 1. The quantitative estimate of drug-likeness (QED) is 0.696. The smallest absolute Gasteiger partial charge is 0.135 e. The summed E-state index contributed by atoms with van der Waals surface area (Å²) in [5, 5.41) is 6.51. The summed E-state index contributed by atoms with van der Waals surface area (Å²) in [6.45, 7) is 0.787. The molecular weight excluding hydrogens is 302 g/mol. The standard InChI is InChI=1S/C18H19N5O/c1-24-16-6-4-14(5-7-16)8-10-20-17-11-18(22-13-21-17)23-15-3-2-9-19-12-15/h2-7,9,11-13H,8,10H2,1H3,(H2,20,21,22,23). The Morgan fingerprint density at radius 1 is 1.04 bits per heavy atom. The monoisotopic (exact) mass is 321 g/mol. The third kappa shape index (κ3) is 4.42. The minimum atomic E-state index is 0.727. The van der Waals surface area contributed by atoms with Crippen LogP contribution in [0.5, 0.6) is 5.75 Å². The molecule has 0 aliphatic carbocycles. The number of methoxy groups -OCH3 is 1. The van der Waals surface area contributed by atoms with Crippen LogP contribution in [0.25, 0.3) is 0 Å². The summed E-state index contributed by atoms with van der Waals surface area (Å²) >= 11 is 0. The Hall–Kier alpha value is -3.15. The van der Waals surface area contributed by atoms with Crippen LogP contribution in [0.15, 0.2) is 61.2 Å². The highest BCUT2D eigenvalue weighted by molar-refractivity contribution is 5.57. The molecule has 2 heterocycles. The molecule has 6 nitrogen and oxygen atoms in total. The molecule has 0 atom stereocenters. The van der Waals surface area contributed by atoms with E-state index in [1.165, 1.54) is 11.9 Å². The average molecular weight is 321 g/mol. The van der Waals surface area contributed by atoms with Gasteiger partial charge in [0, 0.05) is 18.8 Å². The molecule has 6 heteroatoms. The molecule has 24 heavy (non-hydrogen) atoms. The Balaban J connectivity index is 1.54. The van der Waals surface area contributed by atoms with E-state index >= 15 is 0 Å². The van der Waals surface area contributed by atoms with Gasteiger partial charge >= 0.3 is 0 Å². The average Bonchev–Trinajstić information content (AvgIpc) is 2.63. The lowest BCUT2D eigenvalue weighted by Gasteiger charge is -2.09. The first kappa shape index (κ1) is 15.7. The van der Waals surface area contributed by atoms with Crippen molar-refractivity contribution >= 4 is 17.3 Å². The summed E-state index contributed by atoms with van der Waals surface area (Å²) < 4.78 is 5.16. The molecular formula is C18H19N5O. The molecule has 1 aromatic carbocycles. The van der Waals surface area contributed by atoms with Crippen molar-refractivity contribution < 1.29 is 4.74 Å². The van der Waals surface area contributed by atoms with E-state index in [9.17, 15) is 0 Å². The number of ether oxygens (including phenoxy) is 1. The van der Waals surface area contributed by atoms with E-state index in [-0.39, 0.29) is 0 Å². The number of anilines is 3. The van der Waals surface area contributed by atoms with Crippen molar-refractivity contribution in [2.45, 2.75) is 6.42 Å². The topological polar surface area (TPSA) is 72.0 Å². The highest BCUT2D eigenvalue weighted by atomic mass is 16.5. The van der Waals surface area contributed by atoms with Crippen LogP contribution in [-0.2, 0) is 6.42 Å². The first-order valence-electron chi connectivity index (χ1n) is 7.69. The van der Waals surface area contributed by atoms with Crippen LogP contribution in [-0.4, -0.2) is 28.6 Å². The van der Waals surface area contributed by atoms with Gasteiger partial charge in [-0.1, -0.05) is 12.1 Å². The van der Waals surface area contributed by atoms with Crippen LogP contribution in [0.1, 0.15) is 5.56 Å². The molecule has 0 aliphatic heterocycles. The summed E-state index contributed by atoms with van der Waals surface area (Å²) in [5.41, 5.74) is 2.13. The second kappa shape index (κ2) is 7.92. The Kier molecular flexibility index (Phi) is 5.19. The van der Waals surface area contributed by atoms with Crippen LogP contribution >= 0.6 is 0 Å². The van der Waals surface area contributed by atoms with Gasteiger partial charge in [-0.3, -0.25) is 4.98 Å². The predicted octanol–water partition coefficient (Wildman–Crippen LogP) is 3.28. The summed E-state index contributed by atoms with van der Waals surface area (Å²) in [6.07, 6.45) is 5.92. The molecule has 0 fully saturated rings. The van der Waals surface area contributed by atoms with E-state index in [1.807, 2.05) is 30.3 Å². The van der Waals surface area contributed by atoms with Gasteiger partial charge < -0.3 is 15.4 Å². The van der Waals surface area contributed by atoms with Crippen LogP contribution < -0.4 is 15.4 Å². The predicted molar refractivity (Wildman–Crippen MR) is 94.7 cm³/mol. The zero-order valence-electron chi connectivity index (χ0n) is 13.4. The van der Waals surface area contributed by atoms with Crippen molar-refractivity contribution in [3.05, 3.63) is 66.7 Å². The molecule has 0 bridgehead atoms. The largest absolute Gasteiger partial charge is 0.497 e. The molecule has 0 saturated carbocycles. The first-order chi connectivity index (χ1) is 11.8. The van der Waals surface area contributed by atoms with Crippen molar-refractivity contribution in [2.75, 3.05) is 24.3 Å². The van der Waals surface area contributed by atoms with Crippen LogP contribution in [0.4, 0.5) is 17.3 Å². The maximum absolute atomic E-state index is 5.16. The molecule has 0 spiro atoms. The highest BCUT2D eigenvalue weighted by Crippen LogP contribution is 2.15. The maximum atomic E-state index is 5.16. The molecule has 0 saturated heterocycles. The van der Waals surface area contributed by atoms with Crippen LogP contribution in [0, 0.1) is 0 Å². The minimum Gasteiger partial charge on any atom is -0.497 e. The van der Waals surface area contributed by atoms with E-state index in [1.54, 1.807) is 19.5 Å². The van der Waals surface area contributed by atoms with Gasteiger partial charge in [0.2, 0.25) is 0 Å². The summed E-state index contributed by atoms with van der Waals surface area (Å²) in [6, 6.07) is 13.8. The second-order valence-corrected chi connectivity index (χ2v) is 5.18. The first-order valence-corrected chi connectivity index (χ1v) is 7.69. The SMILES string of the molecule is COc1ccc(CCNc2cc(Nc3cccnc3)ncn2)cc1. The molecule has 0 unspecified atom stereocenters. The number of nitrogens with zero attached hydrogens (tertiary/aromatic N) is 3. The number of hydrogen-bond donors (Lipinski definition) is 2. The lowest BCUT2D eigenvalue weighted by atomic mass is 10.1. The number of benzene rings is 1. The fourth-order valence-electron chi connectivity index (χ4n) is 2.23. The van der Waals surface area contributed by atoms with E-state index in [0.717, 1.165) is 36.0 Å². The number of rotatable bonds is 7. The molecule has 2 N–H and O–H groups in total. The normalized spacial score (nSPS) is 10.2. The fourth-order valence-corrected chi connectivity index (χ4v) is 2.23. The Morgan fingerprint density at radius 2 is 1.88 bits per heavy atom. The fraction of sp³-hybridized carbons (Fsp3) is 0.167. The third-order valence-corrected chi connectivity index (χ3v) is 3.48. The van der Waals surface area contributed by atoms with Crippen molar-refractivity contribution in [3.8, 4) is 5.75 Å². The molecule has 3 rings (SSSR count). The molecule has 122 valence electrons. The third-order valence-electron chi connectivity index (χ3n) is 3.48. The lowest BCUT2D eigenvalue weighted by Crippen LogP contribution is -2.07. The minimum absolute atomic E-state index is 0.727. The van der Waals surface area contributed by atoms with Crippen molar-refractivity contribution in [2.24, 2.45) is 0 Å². The number of aromatic nitrogens is 3. The van der Waals surface area contributed by atoms with Gasteiger partial charge in [-0.15, -0.1) is 0 Å². The van der Waals surface area contributed by atoms with E-state index < -0.39 is 0 Å². The van der Waals surface area contributed by atoms with E-state index in [4.69, 9.17) is 4.74 Å². The van der Waals surface area contributed by atoms with Gasteiger partial charge in [-0.2, -0.15) is 0 Å². The summed E-state index contributed by atoms with van der Waals surface area (Å²) in [4.78, 5) is 12.5. The van der Waals surface area contributed by atoms with Gasteiger partial charge in [0.05, 0.1) is 19.0 Å².